The molecule has 0 aromatic heterocycles. The zero-order valence-corrected chi connectivity index (χ0v) is 20.7. The molecule has 2 bridgehead atoms. The molecule has 192 valence electrons. The van der Waals surface area contributed by atoms with Crippen molar-refractivity contribution in [3.63, 3.8) is 0 Å². The summed E-state index contributed by atoms with van der Waals surface area (Å²) < 4.78 is 55.8. The van der Waals surface area contributed by atoms with Crippen LogP contribution in [0.15, 0.2) is 29.2 Å². The highest BCUT2D eigenvalue weighted by atomic mass is 32.2. The molecule has 13 heteroatoms. The van der Waals surface area contributed by atoms with E-state index in [1.54, 1.807) is 19.1 Å². The van der Waals surface area contributed by atoms with E-state index in [9.17, 15) is 27.6 Å². The fourth-order valence-electron chi connectivity index (χ4n) is 4.34. The zero-order valence-electron chi connectivity index (χ0n) is 19.9. The lowest BCUT2D eigenvalue weighted by molar-refractivity contribution is -0.245. The summed E-state index contributed by atoms with van der Waals surface area (Å²) in [6, 6.07) is 4.69. The maximum Gasteiger partial charge on any atom is 0.303 e. The van der Waals surface area contributed by atoms with Crippen molar-refractivity contribution in [2.45, 2.75) is 69.6 Å². The Balaban J connectivity index is 2.25. The number of carbonyl (C=O) groups is 4. The summed E-state index contributed by atoms with van der Waals surface area (Å²) in [5, 5.41) is 0. The number of ether oxygens (including phenoxy) is 5. The third-order valence-corrected chi connectivity index (χ3v) is 7.52. The number of aryl methyl sites for hydroxylation is 1. The molecule has 2 saturated heterocycles. The van der Waals surface area contributed by atoms with Crippen LogP contribution in [-0.2, 0) is 52.9 Å². The molecule has 0 radical (unpaired) electrons. The minimum atomic E-state index is -4.34. The van der Waals surface area contributed by atoms with Gasteiger partial charge in [-0.1, -0.05) is 17.7 Å². The minimum Gasteiger partial charge on any atom is -0.461 e. The average molecular weight is 514 g/mol. The average Bonchev–Trinajstić information content (AvgIpc) is 3.15. The van der Waals surface area contributed by atoms with E-state index in [0.29, 0.717) is 0 Å². The van der Waals surface area contributed by atoms with E-state index in [2.05, 4.69) is 0 Å². The van der Waals surface area contributed by atoms with Gasteiger partial charge in [0, 0.05) is 27.7 Å². The lowest BCUT2D eigenvalue weighted by Gasteiger charge is -2.50. The topological polar surface area (TPSA) is 152 Å². The SMILES string of the molecule is CC(=O)OC[C@]1(OC(C)=O)[C@@H](OC(C)=O)[C@@H](OC(C)=O)[C@@H]2OC[C@H]1N2S(=O)(=O)c1ccc(C)cc1. The number of fused-ring (bicyclic) bond motifs is 2. The van der Waals surface area contributed by atoms with E-state index in [1.165, 1.54) is 12.1 Å². The number of hydrogen-bond acceptors (Lipinski definition) is 11. The molecule has 12 nitrogen and oxygen atoms in total. The number of esters is 4. The highest BCUT2D eigenvalue weighted by molar-refractivity contribution is 7.89. The first kappa shape index (κ1) is 26.6. The van der Waals surface area contributed by atoms with Crippen LogP contribution in [0.2, 0.25) is 0 Å². The first-order valence-corrected chi connectivity index (χ1v) is 12.1. The molecule has 5 atom stereocenters. The van der Waals surface area contributed by atoms with E-state index in [-0.39, 0.29) is 11.5 Å². The lowest BCUT2D eigenvalue weighted by atomic mass is 9.82. The maximum absolute atomic E-state index is 13.8. The molecule has 0 unspecified atom stereocenters. The summed E-state index contributed by atoms with van der Waals surface area (Å²) in [5.41, 5.74) is -1.27. The fraction of sp³-hybridized carbons (Fsp3) is 0.545. The van der Waals surface area contributed by atoms with E-state index in [1.807, 2.05) is 0 Å². The molecule has 35 heavy (non-hydrogen) atoms. The monoisotopic (exact) mass is 513 g/mol. The Hall–Kier alpha value is -3.03. The van der Waals surface area contributed by atoms with Crippen LogP contribution in [0, 0.1) is 6.92 Å². The highest BCUT2D eigenvalue weighted by Gasteiger charge is 2.70. The molecule has 2 aliphatic rings. The standard InChI is InChI=1S/C22H27NO11S/c1-12-6-8-17(9-7-12)35(28,29)23-18-10-30-21(23)19(32-14(3)25)20(33-15(4)26)22(18,34-16(5)27)11-31-13(2)24/h6-9,18-21H,10-11H2,1-5H3/t18-,19-,20+,21+,22-/m1/s1. The van der Waals surface area contributed by atoms with Crippen LogP contribution in [0.25, 0.3) is 0 Å². The summed E-state index contributed by atoms with van der Waals surface area (Å²) in [6.45, 7) is 5.07. The van der Waals surface area contributed by atoms with E-state index >= 15 is 0 Å². The summed E-state index contributed by atoms with van der Waals surface area (Å²) >= 11 is 0. The molecule has 1 aromatic carbocycles. The first-order valence-electron chi connectivity index (χ1n) is 10.7. The largest absolute Gasteiger partial charge is 0.461 e. The van der Waals surface area contributed by atoms with Crippen molar-refractivity contribution < 1.29 is 51.3 Å². The van der Waals surface area contributed by atoms with Gasteiger partial charge in [-0.3, -0.25) is 19.2 Å². The zero-order chi connectivity index (χ0) is 26.1. The fourth-order valence-corrected chi connectivity index (χ4v) is 6.09. The normalized spacial score (nSPS) is 28.1. The third-order valence-electron chi connectivity index (χ3n) is 5.63. The van der Waals surface area contributed by atoms with Gasteiger partial charge in [0.2, 0.25) is 15.6 Å². The number of nitrogens with zero attached hydrogens (tertiary/aromatic N) is 1. The van der Waals surface area contributed by atoms with Crippen LogP contribution in [0.5, 0.6) is 0 Å². The molecule has 1 aromatic rings. The van der Waals surface area contributed by atoms with Gasteiger partial charge < -0.3 is 23.7 Å². The summed E-state index contributed by atoms with van der Waals surface area (Å²) in [7, 11) is -4.34. The van der Waals surface area contributed by atoms with Gasteiger partial charge >= 0.3 is 23.9 Å². The molecule has 0 saturated carbocycles. The van der Waals surface area contributed by atoms with Crippen molar-refractivity contribution in [1.29, 1.82) is 0 Å². The van der Waals surface area contributed by atoms with Crippen LogP contribution in [0.1, 0.15) is 33.3 Å². The number of hydrogen-bond donors (Lipinski definition) is 0. The van der Waals surface area contributed by atoms with Gasteiger partial charge in [-0.25, -0.2) is 8.42 Å². The number of carbonyl (C=O) groups excluding carboxylic acids is 4. The minimum absolute atomic E-state index is 0.0969. The second kappa shape index (κ2) is 9.91. The smallest absolute Gasteiger partial charge is 0.303 e. The van der Waals surface area contributed by atoms with E-state index in [4.69, 9.17) is 23.7 Å². The highest BCUT2D eigenvalue weighted by Crippen LogP contribution is 2.46. The lowest BCUT2D eigenvalue weighted by Crippen LogP contribution is -2.74. The molecule has 0 spiro atoms. The van der Waals surface area contributed by atoms with Crippen LogP contribution in [0.3, 0.4) is 0 Å². The van der Waals surface area contributed by atoms with Crippen molar-refractivity contribution in [1.82, 2.24) is 4.31 Å². The van der Waals surface area contributed by atoms with Crippen LogP contribution >= 0.6 is 0 Å². The molecular formula is C22H27NO11S. The van der Waals surface area contributed by atoms with Crippen molar-refractivity contribution in [2.75, 3.05) is 13.2 Å². The van der Waals surface area contributed by atoms with Crippen molar-refractivity contribution in [3.8, 4) is 0 Å². The molecule has 2 aliphatic heterocycles. The van der Waals surface area contributed by atoms with E-state index in [0.717, 1.165) is 37.6 Å². The maximum atomic E-state index is 13.8. The predicted octanol–water partition coefficient (Wildman–Crippen LogP) is 0.453. The van der Waals surface area contributed by atoms with Gasteiger partial charge in [-0.05, 0) is 19.1 Å². The molecule has 0 amide bonds. The Morgan fingerprint density at radius 2 is 1.57 bits per heavy atom. The molecule has 2 heterocycles. The predicted molar refractivity (Wildman–Crippen MR) is 116 cm³/mol. The van der Waals surface area contributed by atoms with Gasteiger partial charge in [0.1, 0.15) is 6.61 Å². The second-order valence-electron chi connectivity index (χ2n) is 8.32. The van der Waals surface area contributed by atoms with Crippen LogP contribution in [-0.4, -0.2) is 79.9 Å². The van der Waals surface area contributed by atoms with Crippen molar-refractivity contribution in [3.05, 3.63) is 29.8 Å². The number of benzene rings is 1. The Kier molecular flexibility index (Phi) is 7.53. The molecule has 3 rings (SSSR count). The quantitative estimate of drug-likeness (QED) is 0.369. The van der Waals surface area contributed by atoms with Crippen LogP contribution in [0.4, 0.5) is 0 Å². The molecular weight excluding hydrogens is 486 g/mol. The van der Waals surface area contributed by atoms with Gasteiger partial charge in [-0.2, -0.15) is 4.31 Å². The summed E-state index contributed by atoms with van der Waals surface area (Å²) in [5.74, 6) is -3.32. The Morgan fingerprint density at radius 1 is 0.971 bits per heavy atom. The first-order chi connectivity index (χ1) is 16.3. The third kappa shape index (κ3) is 5.16. The van der Waals surface area contributed by atoms with Gasteiger partial charge in [0.15, 0.2) is 18.4 Å². The van der Waals surface area contributed by atoms with Gasteiger partial charge in [0.25, 0.3) is 0 Å². The Bertz CT molecular complexity index is 1120. The van der Waals surface area contributed by atoms with E-state index < -0.39 is 70.6 Å². The Morgan fingerprint density at radius 3 is 2.09 bits per heavy atom. The van der Waals surface area contributed by atoms with Crippen molar-refractivity contribution >= 4 is 33.9 Å². The Labute approximate surface area is 202 Å². The van der Waals surface area contributed by atoms with Gasteiger partial charge in [-0.15, -0.1) is 0 Å². The molecule has 0 aliphatic carbocycles. The molecule has 0 N–H and O–H groups in total. The summed E-state index contributed by atoms with van der Waals surface area (Å²) in [6.07, 6.45) is -4.51. The number of piperidine rings is 1. The van der Waals surface area contributed by atoms with Crippen LogP contribution < -0.4 is 0 Å². The number of sulfonamides is 1. The second-order valence-corrected chi connectivity index (χ2v) is 10.2. The summed E-state index contributed by atoms with van der Waals surface area (Å²) in [4.78, 5) is 47.9. The number of rotatable bonds is 7. The van der Waals surface area contributed by atoms with Crippen molar-refractivity contribution in [2.24, 2.45) is 0 Å². The molecule has 2 fully saturated rings. The van der Waals surface area contributed by atoms with Gasteiger partial charge in [0.05, 0.1) is 17.5 Å².